The number of cyclic esters (lactones) is 1. The van der Waals surface area contributed by atoms with Crippen LogP contribution in [0, 0.1) is 5.41 Å². The Balaban J connectivity index is 0.000000371. The van der Waals surface area contributed by atoms with Crippen molar-refractivity contribution in [1.82, 2.24) is 0 Å². The molecule has 0 aromatic carbocycles. The first-order valence-corrected chi connectivity index (χ1v) is 3.80. The summed E-state index contributed by atoms with van der Waals surface area (Å²) in [5.74, 6) is -0.0579. The van der Waals surface area contributed by atoms with Crippen LogP contribution in [-0.2, 0) is 9.53 Å². The summed E-state index contributed by atoms with van der Waals surface area (Å²) in [5, 5.41) is 0. The van der Waals surface area contributed by atoms with E-state index < -0.39 is 0 Å². The molecule has 1 saturated heterocycles. The lowest BCUT2D eigenvalue weighted by molar-refractivity contribution is -0.144. The Morgan fingerprint density at radius 3 is 2.00 bits per heavy atom. The van der Waals surface area contributed by atoms with Gasteiger partial charge in [-0.2, -0.15) is 0 Å². The van der Waals surface area contributed by atoms with E-state index in [0.29, 0.717) is 6.61 Å². The average Bonchev–Trinajstić information content (AvgIpc) is 2.17. The molecule has 0 atom stereocenters. The van der Waals surface area contributed by atoms with Gasteiger partial charge in [0.05, 0.1) is 12.0 Å². The third-order valence-electron chi connectivity index (χ3n) is 1.51. The fourth-order valence-electron chi connectivity index (χ4n) is 0.696. The van der Waals surface area contributed by atoms with Crippen molar-refractivity contribution >= 4 is 5.97 Å². The van der Waals surface area contributed by atoms with Gasteiger partial charge in [-0.05, 0) is 20.3 Å². The highest BCUT2D eigenvalue weighted by atomic mass is 16.5. The molecular weight excluding hydrogens is 128 g/mol. The lowest BCUT2D eigenvalue weighted by Gasteiger charge is -2.08. The van der Waals surface area contributed by atoms with E-state index in [1.54, 1.807) is 0 Å². The Morgan fingerprint density at radius 2 is 1.90 bits per heavy atom. The van der Waals surface area contributed by atoms with Gasteiger partial charge < -0.3 is 4.74 Å². The van der Waals surface area contributed by atoms with Gasteiger partial charge in [0.2, 0.25) is 0 Å². The first-order chi connectivity index (χ1) is 4.63. The first-order valence-electron chi connectivity index (χ1n) is 3.80. The van der Waals surface area contributed by atoms with Gasteiger partial charge in [-0.3, -0.25) is 4.79 Å². The van der Waals surface area contributed by atoms with E-state index in [1.165, 1.54) is 0 Å². The maximum absolute atomic E-state index is 10.7. The molecular formula is C8H16O2. The van der Waals surface area contributed by atoms with Crippen molar-refractivity contribution in [2.75, 3.05) is 6.61 Å². The second kappa shape index (κ2) is 3.59. The van der Waals surface area contributed by atoms with Gasteiger partial charge >= 0.3 is 5.97 Å². The minimum Gasteiger partial charge on any atom is -0.465 e. The SMILES string of the molecule is CC.CC1(C)CCOC1=O. The Morgan fingerprint density at radius 1 is 1.40 bits per heavy atom. The highest BCUT2D eigenvalue weighted by molar-refractivity contribution is 5.77. The molecule has 0 amide bonds. The maximum Gasteiger partial charge on any atom is 0.311 e. The lowest BCUT2D eigenvalue weighted by atomic mass is 9.93. The zero-order chi connectivity index (χ0) is 8.20. The van der Waals surface area contributed by atoms with Crippen LogP contribution in [0.1, 0.15) is 34.1 Å². The molecule has 10 heavy (non-hydrogen) atoms. The van der Waals surface area contributed by atoms with E-state index in [0.717, 1.165) is 6.42 Å². The number of hydrogen-bond donors (Lipinski definition) is 0. The van der Waals surface area contributed by atoms with E-state index in [4.69, 9.17) is 4.74 Å². The molecule has 0 aliphatic carbocycles. The van der Waals surface area contributed by atoms with E-state index >= 15 is 0 Å². The molecule has 0 aromatic heterocycles. The molecule has 60 valence electrons. The van der Waals surface area contributed by atoms with Crippen LogP contribution in [0.3, 0.4) is 0 Å². The smallest absolute Gasteiger partial charge is 0.311 e. The molecule has 1 aliphatic heterocycles. The maximum atomic E-state index is 10.7. The Hall–Kier alpha value is -0.530. The topological polar surface area (TPSA) is 26.3 Å². The molecule has 0 unspecified atom stereocenters. The van der Waals surface area contributed by atoms with Crippen molar-refractivity contribution in [2.24, 2.45) is 5.41 Å². The third kappa shape index (κ3) is 2.01. The van der Waals surface area contributed by atoms with E-state index in [2.05, 4.69) is 0 Å². The second-order valence-corrected chi connectivity index (χ2v) is 2.77. The summed E-state index contributed by atoms with van der Waals surface area (Å²) in [5.41, 5.74) is -0.208. The van der Waals surface area contributed by atoms with Crippen LogP contribution in [-0.4, -0.2) is 12.6 Å². The van der Waals surface area contributed by atoms with Crippen LogP contribution in [0.15, 0.2) is 0 Å². The van der Waals surface area contributed by atoms with Crippen LogP contribution in [0.2, 0.25) is 0 Å². The number of esters is 1. The molecule has 2 heteroatoms. The third-order valence-corrected chi connectivity index (χ3v) is 1.51. The second-order valence-electron chi connectivity index (χ2n) is 2.77. The van der Waals surface area contributed by atoms with E-state index in [1.807, 2.05) is 27.7 Å². The van der Waals surface area contributed by atoms with Gasteiger partial charge in [0.15, 0.2) is 0 Å². The van der Waals surface area contributed by atoms with E-state index in [9.17, 15) is 4.79 Å². The fraction of sp³-hybridized carbons (Fsp3) is 0.875. The zero-order valence-electron chi connectivity index (χ0n) is 7.23. The monoisotopic (exact) mass is 144 g/mol. The van der Waals surface area contributed by atoms with Gasteiger partial charge in [-0.15, -0.1) is 0 Å². The summed E-state index contributed by atoms with van der Waals surface area (Å²) >= 11 is 0. The van der Waals surface area contributed by atoms with Crippen LogP contribution in [0.4, 0.5) is 0 Å². The molecule has 0 saturated carbocycles. The van der Waals surface area contributed by atoms with Gasteiger partial charge in [0.25, 0.3) is 0 Å². The largest absolute Gasteiger partial charge is 0.465 e. The van der Waals surface area contributed by atoms with Crippen LogP contribution >= 0.6 is 0 Å². The highest BCUT2D eigenvalue weighted by Gasteiger charge is 2.34. The van der Waals surface area contributed by atoms with Crippen molar-refractivity contribution < 1.29 is 9.53 Å². The molecule has 2 nitrogen and oxygen atoms in total. The quantitative estimate of drug-likeness (QED) is 0.486. The van der Waals surface area contributed by atoms with Crippen molar-refractivity contribution in [1.29, 1.82) is 0 Å². The molecule has 1 rings (SSSR count). The molecule has 0 N–H and O–H groups in total. The standard InChI is InChI=1S/C6H10O2.C2H6/c1-6(2)3-4-8-5(6)7;1-2/h3-4H2,1-2H3;1-2H3. The lowest BCUT2D eigenvalue weighted by Crippen LogP contribution is -2.16. The summed E-state index contributed by atoms with van der Waals surface area (Å²) in [6.07, 6.45) is 0.867. The first kappa shape index (κ1) is 9.47. The van der Waals surface area contributed by atoms with Crippen molar-refractivity contribution in [3.8, 4) is 0 Å². The van der Waals surface area contributed by atoms with Crippen molar-refractivity contribution in [3.05, 3.63) is 0 Å². The average molecular weight is 144 g/mol. The van der Waals surface area contributed by atoms with Gasteiger partial charge in [0, 0.05) is 0 Å². The van der Waals surface area contributed by atoms with Crippen LogP contribution in [0.25, 0.3) is 0 Å². The highest BCUT2D eigenvalue weighted by Crippen LogP contribution is 2.27. The summed E-state index contributed by atoms with van der Waals surface area (Å²) < 4.78 is 4.73. The summed E-state index contributed by atoms with van der Waals surface area (Å²) in [6.45, 7) is 8.41. The molecule has 0 spiro atoms. The summed E-state index contributed by atoms with van der Waals surface area (Å²) in [4.78, 5) is 10.7. The van der Waals surface area contributed by atoms with Crippen molar-refractivity contribution in [3.63, 3.8) is 0 Å². The molecule has 1 heterocycles. The number of carbonyl (C=O) groups is 1. The zero-order valence-corrected chi connectivity index (χ0v) is 7.23. The fourth-order valence-corrected chi connectivity index (χ4v) is 0.696. The van der Waals surface area contributed by atoms with Gasteiger partial charge in [0.1, 0.15) is 0 Å². The minimum atomic E-state index is -0.208. The number of ether oxygens (including phenoxy) is 1. The van der Waals surface area contributed by atoms with Crippen molar-refractivity contribution in [2.45, 2.75) is 34.1 Å². The molecule has 0 radical (unpaired) electrons. The normalized spacial score (nSPS) is 21.0. The van der Waals surface area contributed by atoms with Crippen LogP contribution in [0.5, 0.6) is 0 Å². The predicted octanol–water partition coefficient (Wildman–Crippen LogP) is 1.99. The Labute approximate surface area is 62.6 Å². The Kier molecular flexibility index (Phi) is 3.40. The molecule has 0 aromatic rings. The molecule has 0 bridgehead atoms. The van der Waals surface area contributed by atoms with Gasteiger partial charge in [-0.1, -0.05) is 13.8 Å². The molecule has 1 fully saturated rings. The van der Waals surface area contributed by atoms with E-state index in [-0.39, 0.29) is 11.4 Å². The summed E-state index contributed by atoms with van der Waals surface area (Å²) in [7, 11) is 0. The Bertz CT molecular complexity index is 116. The number of rotatable bonds is 0. The number of carbonyl (C=O) groups excluding carboxylic acids is 1. The van der Waals surface area contributed by atoms with Gasteiger partial charge in [-0.25, -0.2) is 0 Å². The minimum absolute atomic E-state index is 0.0579. The predicted molar refractivity (Wildman–Crippen MR) is 40.7 cm³/mol. The summed E-state index contributed by atoms with van der Waals surface area (Å²) in [6, 6.07) is 0. The number of hydrogen-bond acceptors (Lipinski definition) is 2. The van der Waals surface area contributed by atoms with Crippen LogP contribution < -0.4 is 0 Å². The molecule has 1 aliphatic rings.